The van der Waals surface area contributed by atoms with Gasteiger partial charge in [0.05, 0.1) is 21.3 Å². The first-order valence-electron chi connectivity index (χ1n) is 9.24. The molecule has 0 spiro atoms. The molecule has 2 amide bonds. The van der Waals surface area contributed by atoms with Crippen LogP contribution >= 0.6 is 23.2 Å². The number of benzene rings is 2. The van der Waals surface area contributed by atoms with Crippen LogP contribution in [-0.2, 0) is 9.59 Å². The fourth-order valence-electron chi connectivity index (χ4n) is 3.51. The van der Waals surface area contributed by atoms with Crippen molar-refractivity contribution >= 4 is 52.4 Å². The SMILES string of the molecule is O=C(Nc1ccc(Cl)c(Cl)c1)c1ccccc1NC(=O)[C@H]1CCCC[C@@H]1C(=O)[O-]. The predicted octanol–water partition coefficient (Wildman–Crippen LogP) is 3.74. The third kappa shape index (κ3) is 5.08. The number of para-hydroxylation sites is 1. The summed E-state index contributed by atoms with van der Waals surface area (Å²) in [7, 11) is 0. The third-order valence-electron chi connectivity index (χ3n) is 5.01. The Bertz CT molecular complexity index is 948. The monoisotopic (exact) mass is 433 g/mol. The second-order valence-electron chi connectivity index (χ2n) is 6.93. The van der Waals surface area contributed by atoms with Crippen molar-refractivity contribution in [3.63, 3.8) is 0 Å². The van der Waals surface area contributed by atoms with Gasteiger partial charge in [0, 0.05) is 23.5 Å². The quantitative estimate of drug-likeness (QED) is 0.749. The van der Waals surface area contributed by atoms with Crippen LogP contribution < -0.4 is 15.7 Å². The summed E-state index contributed by atoms with van der Waals surface area (Å²) in [4.78, 5) is 36.8. The average Bonchev–Trinajstić information content (AvgIpc) is 2.71. The number of anilines is 2. The van der Waals surface area contributed by atoms with Crippen LogP contribution in [0.5, 0.6) is 0 Å². The number of carboxylic acids is 1. The van der Waals surface area contributed by atoms with Crippen molar-refractivity contribution in [2.75, 3.05) is 10.6 Å². The molecule has 0 unspecified atom stereocenters. The molecule has 1 fully saturated rings. The van der Waals surface area contributed by atoms with Gasteiger partial charge >= 0.3 is 0 Å². The van der Waals surface area contributed by atoms with Crippen molar-refractivity contribution in [3.05, 3.63) is 58.1 Å². The van der Waals surface area contributed by atoms with Crippen molar-refractivity contribution in [2.45, 2.75) is 25.7 Å². The zero-order valence-corrected chi connectivity index (χ0v) is 16.9. The molecule has 0 saturated heterocycles. The van der Waals surface area contributed by atoms with Crippen molar-refractivity contribution in [1.82, 2.24) is 0 Å². The summed E-state index contributed by atoms with van der Waals surface area (Å²) in [6.45, 7) is 0. The number of amides is 2. The van der Waals surface area contributed by atoms with Crippen molar-refractivity contribution in [2.24, 2.45) is 11.8 Å². The maximum Gasteiger partial charge on any atom is 0.257 e. The molecule has 1 saturated carbocycles. The van der Waals surface area contributed by atoms with E-state index in [0.29, 0.717) is 34.3 Å². The lowest BCUT2D eigenvalue weighted by molar-refractivity contribution is -0.313. The molecule has 0 aromatic heterocycles. The van der Waals surface area contributed by atoms with Gasteiger partial charge in [-0.15, -0.1) is 0 Å². The molecule has 1 aliphatic rings. The smallest absolute Gasteiger partial charge is 0.257 e. The van der Waals surface area contributed by atoms with E-state index in [1.54, 1.807) is 36.4 Å². The van der Waals surface area contributed by atoms with E-state index in [-0.39, 0.29) is 5.56 Å². The first-order valence-corrected chi connectivity index (χ1v) is 9.99. The molecule has 0 radical (unpaired) electrons. The average molecular weight is 434 g/mol. The van der Waals surface area contributed by atoms with Gasteiger partial charge in [-0.3, -0.25) is 9.59 Å². The summed E-state index contributed by atoms with van der Waals surface area (Å²) >= 11 is 11.9. The molecule has 0 aliphatic heterocycles. The highest BCUT2D eigenvalue weighted by atomic mass is 35.5. The van der Waals surface area contributed by atoms with Crippen LogP contribution in [0.3, 0.4) is 0 Å². The van der Waals surface area contributed by atoms with E-state index in [1.807, 2.05) is 0 Å². The van der Waals surface area contributed by atoms with Gasteiger partial charge in [-0.1, -0.05) is 48.2 Å². The zero-order valence-electron chi connectivity index (χ0n) is 15.4. The van der Waals surface area contributed by atoms with Crippen LogP contribution in [0.25, 0.3) is 0 Å². The lowest BCUT2D eigenvalue weighted by Gasteiger charge is -2.31. The Kier molecular flexibility index (Phi) is 6.77. The minimum Gasteiger partial charge on any atom is -0.550 e. The van der Waals surface area contributed by atoms with Crippen LogP contribution in [-0.4, -0.2) is 17.8 Å². The number of hydrogen-bond acceptors (Lipinski definition) is 4. The topological polar surface area (TPSA) is 98.3 Å². The Morgan fingerprint density at radius 3 is 2.28 bits per heavy atom. The van der Waals surface area contributed by atoms with Crippen molar-refractivity contribution < 1.29 is 19.5 Å². The first-order chi connectivity index (χ1) is 13.9. The Labute approximate surface area is 178 Å². The highest BCUT2D eigenvalue weighted by Crippen LogP contribution is 2.31. The molecule has 0 bridgehead atoms. The number of halogens is 2. The Balaban J connectivity index is 1.77. The Morgan fingerprint density at radius 1 is 0.897 bits per heavy atom. The first kappa shape index (κ1) is 21.1. The van der Waals surface area contributed by atoms with Crippen LogP contribution in [0, 0.1) is 11.8 Å². The standard InChI is InChI=1S/C21H20Cl2N2O4/c22-16-10-9-12(11-17(16)23)24-20(27)15-7-3-4-8-18(15)25-19(26)13-5-1-2-6-14(13)21(28)29/h3-4,7-11,13-14H,1-2,5-6H2,(H,24,27)(H,25,26)(H,28,29)/p-1/t13-,14-/m0/s1. The number of rotatable bonds is 5. The number of carboxylic acid groups (broad SMARTS) is 1. The van der Waals surface area contributed by atoms with E-state index in [2.05, 4.69) is 10.6 Å². The number of carbonyl (C=O) groups is 3. The van der Waals surface area contributed by atoms with Gasteiger partial charge in [-0.2, -0.15) is 0 Å². The predicted molar refractivity (Wildman–Crippen MR) is 110 cm³/mol. The fraction of sp³-hybridized carbons (Fsp3) is 0.286. The maximum absolute atomic E-state index is 12.7. The van der Waals surface area contributed by atoms with Gasteiger partial charge < -0.3 is 20.5 Å². The molecule has 2 aromatic carbocycles. The summed E-state index contributed by atoms with van der Waals surface area (Å²) in [6, 6.07) is 11.2. The number of nitrogens with one attached hydrogen (secondary N) is 2. The van der Waals surface area contributed by atoms with Crippen LogP contribution in [0.15, 0.2) is 42.5 Å². The summed E-state index contributed by atoms with van der Waals surface area (Å²) in [5, 5.41) is 17.5. The van der Waals surface area contributed by atoms with E-state index < -0.39 is 29.6 Å². The fourth-order valence-corrected chi connectivity index (χ4v) is 3.81. The van der Waals surface area contributed by atoms with Gasteiger partial charge in [0.15, 0.2) is 0 Å². The molecular weight excluding hydrogens is 415 g/mol. The summed E-state index contributed by atoms with van der Waals surface area (Å²) in [5.41, 5.74) is 1.00. The third-order valence-corrected chi connectivity index (χ3v) is 5.75. The molecular formula is C21H19Cl2N2O4-. The zero-order chi connectivity index (χ0) is 21.0. The normalized spacial score (nSPS) is 18.7. The molecule has 2 aromatic rings. The molecule has 6 nitrogen and oxygen atoms in total. The van der Waals surface area contributed by atoms with Gasteiger partial charge in [0.1, 0.15) is 0 Å². The van der Waals surface area contributed by atoms with E-state index in [4.69, 9.17) is 23.2 Å². The van der Waals surface area contributed by atoms with Crippen molar-refractivity contribution in [3.8, 4) is 0 Å². The van der Waals surface area contributed by atoms with E-state index in [1.165, 1.54) is 6.07 Å². The highest BCUT2D eigenvalue weighted by Gasteiger charge is 2.32. The number of hydrogen-bond donors (Lipinski definition) is 2. The molecule has 2 N–H and O–H groups in total. The molecule has 0 heterocycles. The molecule has 29 heavy (non-hydrogen) atoms. The van der Waals surface area contributed by atoms with Gasteiger partial charge in [-0.25, -0.2) is 0 Å². The largest absolute Gasteiger partial charge is 0.550 e. The van der Waals surface area contributed by atoms with Gasteiger partial charge in [0.25, 0.3) is 5.91 Å². The highest BCUT2D eigenvalue weighted by molar-refractivity contribution is 6.42. The van der Waals surface area contributed by atoms with E-state index in [0.717, 1.165) is 12.8 Å². The van der Waals surface area contributed by atoms with Crippen LogP contribution in [0.1, 0.15) is 36.0 Å². The number of carbonyl (C=O) groups excluding carboxylic acids is 3. The van der Waals surface area contributed by atoms with Crippen LogP contribution in [0.2, 0.25) is 10.0 Å². The second-order valence-corrected chi connectivity index (χ2v) is 7.75. The summed E-state index contributed by atoms with van der Waals surface area (Å²) < 4.78 is 0. The molecule has 2 atom stereocenters. The minimum absolute atomic E-state index is 0.243. The lowest BCUT2D eigenvalue weighted by Crippen LogP contribution is -2.42. The molecule has 3 rings (SSSR count). The molecule has 1 aliphatic carbocycles. The minimum atomic E-state index is -1.21. The Morgan fingerprint density at radius 2 is 1.59 bits per heavy atom. The summed E-state index contributed by atoms with van der Waals surface area (Å²) in [5.74, 6) is -3.58. The van der Waals surface area contributed by atoms with E-state index >= 15 is 0 Å². The second kappa shape index (κ2) is 9.29. The van der Waals surface area contributed by atoms with Gasteiger partial charge in [0.2, 0.25) is 5.91 Å². The lowest BCUT2D eigenvalue weighted by atomic mass is 9.78. The Hall–Kier alpha value is -2.57. The van der Waals surface area contributed by atoms with Gasteiger partial charge in [-0.05, 0) is 43.2 Å². The number of aliphatic carboxylic acids is 1. The van der Waals surface area contributed by atoms with Crippen LogP contribution in [0.4, 0.5) is 11.4 Å². The maximum atomic E-state index is 12.7. The van der Waals surface area contributed by atoms with E-state index in [9.17, 15) is 19.5 Å². The molecule has 8 heteroatoms. The summed E-state index contributed by atoms with van der Waals surface area (Å²) in [6.07, 6.45) is 2.42. The molecule has 152 valence electrons. The van der Waals surface area contributed by atoms with Crippen molar-refractivity contribution in [1.29, 1.82) is 0 Å².